The number of benzene rings is 1. The van der Waals surface area contributed by atoms with Gasteiger partial charge >= 0.3 is 0 Å². The first-order valence-corrected chi connectivity index (χ1v) is 13.8. The average molecular weight is 466 g/mol. The van der Waals surface area contributed by atoms with Crippen LogP contribution in [0.3, 0.4) is 0 Å². The van der Waals surface area contributed by atoms with E-state index in [9.17, 15) is 9.90 Å². The highest BCUT2D eigenvalue weighted by molar-refractivity contribution is 5.86. The Bertz CT molecular complexity index is 986. The summed E-state index contributed by atoms with van der Waals surface area (Å²) in [5.74, 6) is 3.30. The molecular weight excluding hydrogens is 422 g/mol. The van der Waals surface area contributed by atoms with E-state index in [2.05, 4.69) is 24.0 Å². The highest BCUT2D eigenvalue weighted by atomic mass is 16.3. The molecule has 5 heteroatoms. The minimum Gasteiger partial charge on any atom is -0.390 e. The topological polar surface area (TPSA) is 68.0 Å². The highest BCUT2D eigenvalue weighted by Crippen LogP contribution is 2.62. The molecule has 2 aromatic rings. The lowest BCUT2D eigenvalue weighted by molar-refractivity contribution is -0.132. The Balaban J connectivity index is 1.35. The van der Waals surface area contributed by atoms with Crippen molar-refractivity contribution >= 4 is 16.8 Å². The normalized spacial score (nSPS) is 39.1. The molecule has 0 unspecified atom stereocenters. The third-order valence-electron chi connectivity index (χ3n) is 10.2. The van der Waals surface area contributed by atoms with E-state index in [4.69, 9.17) is 0 Å². The number of aromatic nitrogens is 3. The lowest BCUT2D eigenvalue weighted by Crippen LogP contribution is -2.47. The van der Waals surface area contributed by atoms with Gasteiger partial charge < -0.3 is 5.11 Å². The lowest BCUT2D eigenvalue weighted by atomic mass is 9.53. The Morgan fingerprint density at radius 2 is 1.71 bits per heavy atom. The molecule has 1 aromatic heterocycles. The largest absolute Gasteiger partial charge is 0.390 e. The number of aliphatic hydroxyl groups is 1. The standard InChI is InChI=1S/C29H43N3O2/c1-5-8-22-21(20-13-16-28(3,34)17-14-20)15-18-29(4)23(22)11-12-24(29)27(33)19(2)32-30-25-9-6-7-10-26(25)31-32/h6-7,9-10,19-24,34H,5,8,11-18H2,1-4H3/t19-,20?,21+,22+,23-,24+,28?,29-/m0/s1. The quantitative estimate of drug-likeness (QED) is 0.539. The predicted octanol–water partition coefficient (Wildman–Crippen LogP) is 6.36. The SMILES string of the molecule is CCC[C@@H]1[C@@H](C2CCC(C)(O)CC2)CC[C@]2(C)[C@@H](C(=O)[C@H](C)n3nc4ccccc4n3)CC[C@@H]12. The second-order valence-electron chi connectivity index (χ2n) is 12.3. The summed E-state index contributed by atoms with van der Waals surface area (Å²) >= 11 is 0. The van der Waals surface area contributed by atoms with Gasteiger partial charge in [0.2, 0.25) is 0 Å². The number of fused-ring (bicyclic) bond motifs is 2. The van der Waals surface area contributed by atoms with Gasteiger partial charge in [0.1, 0.15) is 17.1 Å². The van der Waals surface area contributed by atoms with Crippen LogP contribution in [0.4, 0.5) is 0 Å². The zero-order valence-corrected chi connectivity index (χ0v) is 21.5. The maximum absolute atomic E-state index is 13.9. The van der Waals surface area contributed by atoms with Crippen molar-refractivity contribution in [1.29, 1.82) is 0 Å². The summed E-state index contributed by atoms with van der Waals surface area (Å²) in [6, 6.07) is 7.54. The summed E-state index contributed by atoms with van der Waals surface area (Å²) in [6.07, 6.45) is 11.3. The van der Waals surface area contributed by atoms with Crippen LogP contribution in [0.1, 0.15) is 97.9 Å². The Morgan fingerprint density at radius 1 is 1.06 bits per heavy atom. The molecular formula is C29H43N3O2. The smallest absolute Gasteiger partial charge is 0.162 e. The van der Waals surface area contributed by atoms with Gasteiger partial charge in [0.15, 0.2) is 5.78 Å². The molecule has 5 rings (SSSR count). The van der Waals surface area contributed by atoms with Gasteiger partial charge in [-0.25, -0.2) is 0 Å². The van der Waals surface area contributed by atoms with E-state index in [-0.39, 0.29) is 17.4 Å². The van der Waals surface area contributed by atoms with Gasteiger partial charge in [-0.3, -0.25) is 4.79 Å². The molecule has 186 valence electrons. The van der Waals surface area contributed by atoms with Gasteiger partial charge in [-0.2, -0.15) is 15.0 Å². The molecule has 34 heavy (non-hydrogen) atoms. The van der Waals surface area contributed by atoms with Crippen LogP contribution in [0.15, 0.2) is 24.3 Å². The number of hydrogen-bond donors (Lipinski definition) is 1. The number of rotatable bonds is 6. The maximum atomic E-state index is 13.9. The number of carbonyl (C=O) groups is 1. The zero-order valence-electron chi connectivity index (χ0n) is 21.5. The Labute approximate surface area is 204 Å². The lowest BCUT2D eigenvalue weighted by Gasteiger charge is -2.52. The number of nitrogens with zero attached hydrogens (tertiary/aromatic N) is 3. The first-order valence-electron chi connectivity index (χ1n) is 13.8. The molecule has 0 radical (unpaired) electrons. The number of Topliss-reactive ketones (excluding diaryl/α,β-unsaturated/α-hetero) is 1. The van der Waals surface area contributed by atoms with E-state index < -0.39 is 5.60 Å². The molecule has 3 aliphatic rings. The van der Waals surface area contributed by atoms with E-state index in [0.29, 0.717) is 11.7 Å². The van der Waals surface area contributed by atoms with Crippen molar-refractivity contribution in [3.8, 4) is 0 Å². The minimum atomic E-state index is -0.466. The Hall–Kier alpha value is -1.75. The number of ketones is 1. The molecule has 0 amide bonds. The molecule has 0 aliphatic heterocycles. The van der Waals surface area contributed by atoms with Crippen LogP contribution in [-0.4, -0.2) is 31.5 Å². The monoisotopic (exact) mass is 465 g/mol. The van der Waals surface area contributed by atoms with Crippen LogP contribution < -0.4 is 0 Å². The van der Waals surface area contributed by atoms with Crippen molar-refractivity contribution in [3.63, 3.8) is 0 Å². The van der Waals surface area contributed by atoms with Crippen molar-refractivity contribution in [3.05, 3.63) is 24.3 Å². The molecule has 0 bridgehead atoms. The summed E-state index contributed by atoms with van der Waals surface area (Å²) in [6.45, 7) is 8.75. The van der Waals surface area contributed by atoms with Crippen LogP contribution >= 0.6 is 0 Å². The van der Waals surface area contributed by atoms with Crippen LogP contribution in [-0.2, 0) is 4.79 Å². The molecule has 5 nitrogen and oxygen atoms in total. The van der Waals surface area contributed by atoms with E-state index in [1.165, 1.54) is 38.5 Å². The minimum absolute atomic E-state index is 0.0917. The molecule has 0 spiro atoms. The fourth-order valence-electron chi connectivity index (χ4n) is 8.26. The van der Waals surface area contributed by atoms with Crippen LogP contribution in [0.5, 0.6) is 0 Å². The average Bonchev–Trinajstić information content (AvgIpc) is 3.40. The van der Waals surface area contributed by atoms with Gasteiger partial charge in [0, 0.05) is 5.92 Å². The van der Waals surface area contributed by atoms with Crippen molar-refractivity contribution in [2.24, 2.45) is 35.0 Å². The summed E-state index contributed by atoms with van der Waals surface area (Å²) in [5.41, 5.74) is 1.33. The summed E-state index contributed by atoms with van der Waals surface area (Å²) < 4.78 is 0. The van der Waals surface area contributed by atoms with Crippen LogP contribution in [0, 0.1) is 35.0 Å². The molecule has 3 aliphatic carbocycles. The molecule has 1 aromatic carbocycles. The first kappa shape index (κ1) is 24.0. The molecule has 3 fully saturated rings. The second kappa shape index (κ2) is 9.04. The zero-order chi connectivity index (χ0) is 24.1. The summed E-state index contributed by atoms with van der Waals surface area (Å²) in [7, 11) is 0. The Kier molecular flexibility index (Phi) is 6.37. The summed E-state index contributed by atoms with van der Waals surface area (Å²) in [5, 5.41) is 19.7. The van der Waals surface area contributed by atoms with Crippen molar-refractivity contribution in [2.45, 2.75) is 104 Å². The highest BCUT2D eigenvalue weighted by Gasteiger charge is 2.57. The fourth-order valence-corrected chi connectivity index (χ4v) is 8.26. The molecule has 3 saturated carbocycles. The maximum Gasteiger partial charge on any atom is 0.162 e. The number of hydrogen-bond acceptors (Lipinski definition) is 4. The van der Waals surface area contributed by atoms with Crippen molar-refractivity contribution in [1.82, 2.24) is 15.0 Å². The van der Waals surface area contributed by atoms with Crippen LogP contribution in [0.2, 0.25) is 0 Å². The predicted molar refractivity (Wildman–Crippen MR) is 135 cm³/mol. The molecule has 6 atom stereocenters. The van der Waals surface area contributed by atoms with Crippen LogP contribution in [0.25, 0.3) is 11.0 Å². The molecule has 1 heterocycles. The van der Waals surface area contributed by atoms with Crippen molar-refractivity contribution in [2.75, 3.05) is 0 Å². The van der Waals surface area contributed by atoms with E-state index in [1.807, 2.05) is 38.1 Å². The second-order valence-corrected chi connectivity index (χ2v) is 12.3. The van der Waals surface area contributed by atoms with E-state index in [0.717, 1.165) is 54.5 Å². The fraction of sp³-hybridized carbons (Fsp3) is 0.759. The first-order chi connectivity index (χ1) is 16.2. The third kappa shape index (κ3) is 4.12. The van der Waals surface area contributed by atoms with E-state index in [1.54, 1.807) is 4.80 Å². The Morgan fingerprint density at radius 3 is 2.32 bits per heavy atom. The van der Waals surface area contributed by atoms with Gasteiger partial charge in [0.05, 0.1) is 5.60 Å². The third-order valence-corrected chi connectivity index (χ3v) is 10.2. The molecule has 1 N–H and O–H groups in total. The van der Waals surface area contributed by atoms with Gasteiger partial charge in [0.25, 0.3) is 0 Å². The van der Waals surface area contributed by atoms with Gasteiger partial charge in [-0.05, 0) is 106 Å². The molecule has 0 saturated heterocycles. The van der Waals surface area contributed by atoms with Gasteiger partial charge in [-0.1, -0.05) is 38.8 Å². The van der Waals surface area contributed by atoms with Crippen molar-refractivity contribution < 1.29 is 9.90 Å². The summed E-state index contributed by atoms with van der Waals surface area (Å²) in [4.78, 5) is 15.5. The number of carbonyl (C=O) groups excluding carboxylic acids is 1. The van der Waals surface area contributed by atoms with E-state index >= 15 is 0 Å². The van der Waals surface area contributed by atoms with Gasteiger partial charge in [-0.15, -0.1) is 0 Å².